The zero-order valence-corrected chi connectivity index (χ0v) is 29.3. The lowest BCUT2D eigenvalue weighted by molar-refractivity contribution is 0.607. The van der Waals surface area contributed by atoms with Gasteiger partial charge in [0.25, 0.3) is 0 Å². The van der Waals surface area contributed by atoms with Crippen LogP contribution in [0.5, 0.6) is 0 Å². The number of benzene rings is 6. The van der Waals surface area contributed by atoms with Crippen molar-refractivity contribution in [2.75, 3.05) is 4.90 Å². The first kappa shape index (κ1) is 30.0. The van der Waals surface area contributed by atoms with E-state index in [4.69, 9.17) is 4.42 Å². The molecule has 2 nitrogen and oxygen atoms in total. The van der Waals surface area contributed by atoms with Crippen LogP contribution in [-0.4, -0.2) is 0 Å². The zero-order chi connectivity index (χ0) is 34.3. The number of fused-ring (bicyclic) bond motifs is 7. The maximum Gasteiger partial charge on any atom is 0.159 e. The highest BCUT2D eigenvalue weighted by atomic mass is 16.3. The Hall–Kier alpha value is -5.86. The molecule has 1 aromatic heterocycles. The van der Waals surface area contributed by atoms with Crippen molar-refractivity contribution in [3.05, 3.63) is 180 Å². The molecule has 0 unspecified atom stereocenters. The lowest BCUT2D eigenvalue weighted by atomic mass is 9.78. The fourth-order valence-electron chi connectivity index (χ4n) is 8.91. The molecular formula is C49H39NO. The van der Waals surface area contributed by atoms with E-state index < -0.39 is 0 Å². The molecule has 7 aromatic rings. The van der Waals surface area contributed by atoms with E-state index in [0.717, 1.165) is 51.9 Å². The van der Waals surface area contributed by atoms with E-state index in [2.05, 4.69) is 177 Å². The quantitative estimate of drug-likeness (QED) is 0.187. The Morgan fingerprint density at radius 3 is 2.33 bits per heavy atom. The number of anilines is 2. The van der Waals surface area contributed by atoms with E-state index in [1.54, 1.807) is 5.57 Å². The van der Waals surface area contributed by atoms with Crippen LogP contribution < -0.4 is 4.90 Å². The largest absolute Gasteiger partial charge is 0.454 e. The number of nitrogens with zero attached hydrogens (tertiary/aromatic N) is 1. The van der Waals surface area contributed by atoms with Crippen LogP contribution >= 0.6 is 0 Å². The van der Waals surface area contributed by atoms with Gasteiger partial charge in [0.05, 0.1) is 5.69 Å². The highest BCUT2D eigenvalue weighted by Crippen LogP contribution is 2.52. The normalized spacial score (nSPS) is 17.9. The number of hydrogen-bond acceptors (Lipinski definition) is 2. The van der Waals surface area contributed by atoms with Crippen molar-refractivity contribution in [1.82, 2.24) is 0 Å². The average Bonchev–Trinajstić information content (AvgIpc) is 3.55. The molecule has 0 saturated heterocycles. The molecule has 1 atom stereocenters. The van der Waals surface area contributed by atoms with E-state index in [1.165, 1.54) is 49.4 Å². The van der Waals surface area contributed by atoms with Crippen molar-refractivity contribution in [2.45, 2.75) is 39.0 Å². The van der Waals surface area contributed by atoms with Gasteiger partial charge in [-0.05, 0) is 111 Å². The maximum atomic E-state index is 6.86. The van der Waals surface area contributed by atoms with Gasteiger partial charge < -0.3 is 9.32 Å². The first-order chi connectivity index (χ1) is 25.0. The van der Waals surface area contributed by atoms with Crippen LogP contribution in [0, 0.1) is 5.92 Å². The lowest BCUT2D eigenvalue weighted by Gasteiger charge is -2.29. The number of para-hydroxylation sites is 1. The minimum Gasteiger partial charge on any atom is -0.454 e. The Balaban J connectivity index is 1.20. The number of hydrogen-bond donors (Lipinski definition) is 0. The predicted octanol–water partition coefficient (Wildman–Crippen LogP) is 13.6. The Kier molecular flexibility index (Phi) is 6.67. The summed E-state index contributed by atoms with van der Waals surface area (Å²) in [4.78, 5) is 2.42. The van der Waals surface area contributed by atoms with E-state index in [0.29, 0.717) is 0 Å². The minimum absolute atomic E-state index is 0.0355. The van der Waals surface area contributed by atoms with Gasteiger partial charge in [-0.2, -0.15) is 0 Å². The predicted molar refractivity (Wildman–Crippen MR) is 216 cm³/mol. The van der Waals surface area contributed by atoms with Gasteiger partial charge in [-0.1, -0.05) is 136 Å². The van der Waals surface area contributed by atoms with Gasteiger partial charge in [-0.3, -0.25) is 0 Å². The second-order valence-corrected chi connectivity index (χ2v) is 14.9. The zero-order valence-electron chi connectivity index (χ0n) is 29.3. The fraction of sp³-hybridized carbons (Fsp3) is 0.143. The van der Waals surface area contributed by atoms with E-state index in [1.807, 2.05) is 0 Å². The third-order valence-corrected chi connectivity index (χ3v) is 11.6. The van der Waals surface area contributed by atoms with Crippen molar-refractivity contribution in [3.8, 4) is 0 Å². The summed E-state index contributed by atoms with van der Waals surface area (Å²) in [5.74, 6) is 0.225. The van der Waals surface area contributed by atoms with Crippen molar-refractivity contribution < 1.29 is 4.42 Å². The maximum absolute atomic E-state index is 6.86. The monoisotopic (exact) mass is 657 g/mol. The Labute approximate surface area is 299 Å². The SMILES string of the molecule is C[C@H]1C=CC(N(c2ccc3c(c2)C(C)(C)C2=C3C=CCC2)c2cccc3c2oc2cc4ccccc4cc23)=CC=C1c1cccc2ccccc12. The highest BCUT2D eigenvalue weighted by molar-refractivity contribution is 6.13. The standard InChI is InChI=1S/C49H39NO/c1-31-22-23-35(24-26-37(31)39-18-10-15-32-12-6-7-16-38(32)39)50(36-25-27-41-40-17-8-9-20-44(40)49(2,3)45(41)30-36)46-21-11-19-42-43-28-33-13-4-5-14-34(33)29-47(43)51-48(42)46/h4-8,10-19,21-31H,9,20H2,1-3H3/t31-/m0/s1. The lowest BCUT2D eigenvalue weighted by Crippen LogP contribution is -2.20. The van der Waals surface area contributed by atoms with Gasteiger partial charge >= 0.3 is 0 Å². The van der Waals surface area contributed by atoms with Crippen LogP contribution in [-0.2, 0) is 5.41 Å². The summed E-state index contributed by atoms with van der Waals surface area (Å²) in [7, 11) is 0. The average molecular weight is 658 g/mol. The molecule has 0 amide bonds. The van der Waals surface area contributed by atoms with Gasteiger partial charge in [0, 0.05) is 27.6 Å². The Bertz CT molecular complexity index is 2740. The van der Waals surface area contributed by atoms with Crippen LogP contribution in [0.1, 0.15) is 50.3 Å². The molecule has 2 heteroatoms. The van der Waals surface area contributed by atoms with Crippen LogP contribution in [0.25, 0.3) is 54.6 Å². The third-order valence-electron chi connectivity index (χ3n) is 11.6. The van der Waals surface area contributed by atoms with Crippen molar-refractivity contribution in [3.63, 3.8) is 0 Å². The first-order valence-electron chi connectivity index (χ1n) is 18.2. The minimum atomic E-state index is -0.0355. The van der Waals surface area contributed by atoms with E-state index in [-0.39, 0.29) is 11.3 Å². The molecule has 3 aliphatic carbocycles. The number of rotatable bonds is 4. The van der Waals surface area contributed by atoms with Crippen LogP contribution in [0.4, 0.5) is 11.4 Å². The second kappa shape index (κ2) is 11.3. The summed E-state index contributed by atoms with van der Waals surface area (Å²) in [6.07, 6.45) is 16.2. The van der Waals surface area contributed by atoms with Crippen LogP contribution in [0.15, 0.2) is 167 Å². The highest BCUT2D eigenvalue weighted by Gasteiger charge is 2.38. The topological polar surface area (TPSA) is 16.4 Å². The summed E-state index contributed by atoms with van der Waals surface area (Å²) in [6.45, 7) is 7.10. The summed E-state index contributed by atoms with van der Waals surface area (Å²) < 4.78 is 6.86. The first-order valence-corrected chi connectivity index (χ1v) is 18.2. The number of furan rings is 1. The van der Waals surface area contributed by atoms with Crippen molar-refractivity contribution >= 4 is 66.0 Å². The van der Waals surface area contributed by atoms with Gasteiger partial charge in [0.15, 0.2) is 5.58 Å². The molecule has 0 bridgehead atoms. The molecule has 1 heterocycles. The van der Waals surface area contributed by atoms with Gasteiger partial charge in [0.2, 0.25) is 0 Å². The molecule has 0 radical (unpaired) electrons. The smallest absolute Gasteiger partial charge is 0.159 e. The molecule has 0 aliphatic heterocycles. The molecular weight excluding hydrogens is 619 g/mol. The van der Waals surface area contributed by atoms with E-state index >= 15 is 0 Å². The molecule has 0 N–H and O–H groups in total. The molecule has 51 heavy (non-hydrogen) atoms. The molecule has 0 saturated carbocycles. The molecule has 0 fully saturated rings. The summed E-state index contributed by atoms with van der Waals surface area (Å²) in [6, 6.07) is 42.0. The molecule has 3 aliphatic rings. The number of allylic oxidation sites excluding steroid dienone is 9. The van der Waals surface area contributed by atoms with Crippen molar-refractivity contribution in [2.24, 2.45) is 5.92 Å². The van der Waals surface area contributed by atoms with E-state index in [9.17, 15) is 0 Å². The molecule has 10 rings (SSSR count). The van der Waals surface area contributed by atoms with Crippen LogP contribution in [0.3, 0.4) is 0 Å². The Morgan fingerprint density at radius 2 is 1.45 bits per heavy atom. The van der Waals surface area contributed by atoms with Crippen LogP contribution in [0.2, 0.25) is 0 Å². The summed E-state index contributed by atoms with van der Waals surface area (Å²) >= 11 is 0. The van der Waals surface area contributed by atoms with Crippen molar-refractivity contribution in [1.29, 1.82) is 0 Å². The molecule has 246 valence electrons. The third kappa shape index (κ3) is 4.63. The summed E-state index contributed by atoms with van der Waals surface area (Å²) in [5, 5.41) is 7.21. The molecule has 0 spiro atoms. The second-order valence-electron chi connectivity index (χ2n) is 14.9. The Morgan fingerprint density at radius 1 is 0.686 bits per heavy atom. The van der Waals surface area contributed by atoms with Gasteiger partial charge in [-0.25, -0.2) is 0 Å². The molecule has 6 aromatic carbocycles. The van der Waals surface area contributed by atoms with Gasteiger partial charge in [-0.15, -0.1) is 0 Å². The fourth-order valence-corrected chi connectivity index (χ4v) is 8.91. The summed E-state index contributed by atoms with van der Waals surface area (Å²) in [5.41, 5.74) is 13.4. The van der Waals surface area contributed by atoms with Gasteiger partial charge in [0.1, 0.15) is 5.58 Å².